The van der Waals surface area contributed by atoms with E-state index in [0.29, 0.717) is 13.1 Å². The van der Waals surface area contributed by atoms with Crippen LogP contribution in [0.15, 0.2) is 0 Å². The summed E-state index contributed by atoms with van der Waals surface area (Å²) in [5, 5.41) is 30.8. The van der Waals surface area contributed by atoms with Crippen molar-refractivity contribution < 1.29 is 24.9 Å². The molecule has 2 amide bonds. The number of nitrogens with one attached hydrogen (secondary N) is 1. The highest BCUT2D eigenvalue weighted by Crippen LogP contribution is 2.24. The van der Waals surface area contributed by atoms with Gasteiger partial charge in [-0.25, -0.2) is 4.79 Å². The van der Waals surface area contributed by atoms with Crippen LogP contribution in [0.1, 0.15) is 6.42 Å². The van der Waals surface area contributed by atoms with Gasteiger partial charge in [0.05, 0.1) is 6.61 Å². The highest BCUT2D eigenvalue weighted by Gasteiger charge is 2.46. The van der Waals surface area contributed by atoms with E-state index in [2.05, 4.69) is 5.32 Å². The van der Waals surface area contributed by atoms with Crippen LogP contribution in [0, 0.1) is 0 Å². The summed E-state index contributed by atoms with van der Waals surface area (Å²) in [4.78, 5) is 12.8. The van der Waals surface area contributed by atoms with Crippen LogP contribution >= 0.6 is 0 Å². The smallest absolute Gasteiger partial charge is 0.319 e. The quantitative estimate of drug-likeness (QED) is 0.434. The maximum absolute atomic E-state index is 11.5. The lowest BCUT2D eigenvalue weighted by molar-refractivity contribution is -0.0818. The average molecular weight is 232 g/mol. The first-order chi connectivity index (χ1) is 7.65. The number of amides is 2. The number of carbonyl (C=O) groups excluding carboxylic acids is 1. The summed E-state index contributed by atoms with van der Waals surface area (Å²) in [6.45, 7) is 0.687. The summed E-state index contributed by atoms with van der Waals surface area (Å²) >= 11 is 0. The molecule has 7 heteroatoms. The number of ether oxygens (including phenoxy) is 1. The monoisotopic (exact) mass is 232 g/mol. The number of hydrogen-bond acceptors (Lipinski definition) is 5. The first-order valence-electron chi connectivity index (χ1n) is 5.32. The Labute approximate surface area is 92.6 Å². The van der Waals surface area contributed by atoms with Crippen molar-refractivity contribution >= 4 is 6.03 Å². The van der Waals surface area contributed by atoms with Gasteiger partial charge in [0, 0.05) is 13.1 Å². The molecule has 4 N–H and O–H groups in total. The van der Waals surface area contributed by atoms with Gasteiger partial charge >= 0.3 is 6.03 Å². The van der Waals surface area contributed by atoms with Gasteiger partial charge in [0.15, 0.2) is 6.23 Å². The van der Waals surface area contributed by atoms with Crippen LogP contribution in [0.3, 0.4) is 0 Å². The minimum absolute atomic E-state index is 0.318. The Kier molecular flexibility index (Phi) is 3.29. The topological polar surface area (TPSA) is 102 Å². The van der Waals surface area contributed by atoms with E-state index in [1.165, 1.54) is 4.90 Å². The van der Waals surface area contributed by atoms with E-state index < -0.39 is 24.5 Å². The summed E-state index contributed by atoms with van der Waals surface area (Å²) in [7, 11) is 0. The first-order valence-corrected chi connectivity index (χ1v) is 5.32. The predicted octanol–water partition coefficient (Wildman–Crippen LogP) is -2.16. The zero-order chi connectivity index (χ0) is 11.7. The first kappa shape index (κ1) is 11.6. The number of urea groups is 1. The molecule has 0 radical (unpaired) electrons. The fourth-order valence-corrected chi connectivity index (χ4v) is 2.03. The Morgan fingerprint density at radius 1 is 1.44 bits per heavy atom. The largest absolute Gasteiger partial charge is 0.394 e. The third kappa shape index (κ3) is 1.86. The second-order valence-electron chi connectivity index (χ2n) is 4.01. The molecule has 0 aromatic heterocycles. The summed E-state index contributed by atoms with van der Waals surface area (Å²) in [6, 6.07) is -0.318. The molecule has 0 aromatic rings. The second kappa shape index (κ2) is 4.54. The number of rotatable bonds is 2. The molecule has 2 rings (SSSR count). The molecule has 0 unspecified atom stereocenters. The normalized spacial score (nSPS) is 39.9. The number of carbonyl (C=O) groups is 1. The molecule has 2 heterocycles. The lowest BCUT2D eigenvalue weighted by Gasteiger charge is -2.33. The van der Waals surface area contributed by atoms with Crippen LogP contribution in [0.4, 0.5) is 4.79 Å². The van der Waals surface area contributed by atoms with Crippen molar-refractivity contribution in [2.45, 2.75) is 31.0 Å². The van der Waals surface area contributed by atoms with E-state index in [4.69, 9.17) is 9.84 Å². The summed E-state index contributed by atoms with van der Waals surface area (Å²) in [5.74, 6) is 0. The van der Waals surface area contributed by atoms with Gasteiger partial charge < -0.3 is 25.4 Å². The Morgan fingerprint density at radius 3 is 2.75 bits per heavy atom. The molecular formula is C9H16N2O5. The van der Waals surface area contributed by atoms with Gasteiger partial charge in [-0.1, -0.05) is 0 Å². The van der Waals surface area contributed by atoms with E-state index in [1.54, 1.807) is 0 Å². The molecule has 0 aromatic carbocycles. The summed E-state index contributed by atoms with van der Waals surface area (Å²) in [5.41, 5.74) is 0. The minimum Gasteiger partial charge on any atom is -0.394 e. The highest BCUT2D eigenvalue weighted by molar-refractivity contribution is 5.75. The molecule has 4 atom stereocenters. The van der Waals surface area contributed by atoms with E-state index >= 15 is 0 Å². The van der Waals surface area contributed by atoms with Crippen molar-refractivity contribution in [1.82, 2.24) is 10.2 Å². The standard InChI is InChI=1S/C9H16N2O5/c12-4-5-6(13)7(14)8(16-5)11-3-1-2-10-9(11)15/h5-8,12-14H,1-4H2,(H,10,15)/t5-,6+,7+,8-/m0/s1. The maximum Gasteiger partial charge on any atom is 0.319 e. The van der Waals surface area contributed by atoms with Gasteiger partial charge in [-0.2, -0.15) is 0 Å². The third-order valence-electron chi connectivity index (χ3n) is 2.94. The number of nitrogens with zero attached hydrogens (tertiary/aromatic N) is 1. The van der Waals surface area contributed by atoms with Gasteiger partial charge in [0.2, 0.25) is 0 Å². The van der Waals surface area contributed by atoms with Crippen LogP contribution in [-0.4, -0.2) is 70.5 Å². The SMILES string of the molecule is O=C1NCCCN1[C@H]1O[C@@H](CO)[C@@H](O)[C@H]1O. The Morgan fingerprint density at radius 2 is 2.19 bits per heavy atom. The van der Waals surface area contributed by atoms with Gasteiger partial charge in [-0.05, 0) is 6.42 Å². The molecule has 0 spiro atoms. The molecule has 92 valence electrons. The molecule has 2 aliphatic rings. The summed E-state index contributed by atoms with van der Waals surface area (Å²) < 4.78 is 5.26. The second-order valence-corrected chi connectivity index (χ2v) is 4.01. The molecule has 0 aliphatic carbocycles. The fraction of sp³-hybridized carbons (Fsp3) is 0.889. The molecule has 0 bridgehead atoms. The minimum atomic E-state index is -1.18. The molecule has 16 heavy (non-hydrogen) atoms. The van der Waals surface area contributed by atoms with Crippen molar-refractivity contribution in [2.75, 3.05) is 19.7 Å². The summed E-state index contributed by atoms with van der Waals surface area (Å²) in [6.07, 6.45) is -3.30. The fourth-order valence-electron chi connectivity index (χ4n) is 2.03. The van der Waals surface area contributed by atoms with Gasteiger partial charge in [0.25, 0.3) is 0 Å². The average Bonchev–Trinajstić information content (AvgIpc) is 2.57. The van der Waals surface area contributed by atoms with E-state index in [1.807, 2.05) is 0 Å². The molecular weight excluding hydrogens is 216 g/mol. The molecule has 2 saturated heterocycles. The van der Waals surface area contributed by atoms with Gasteiger partial charge in [-0.15, -0.1) is 0 Å². The lowest BCUT2D eigenvalue weighted by Crippen LogP contribution is -2.54. The van der Waals surface area contributed by atoms with Crippen LogP contribution in [0.5, 0.6) is 0 Å². The Hall–Kier alpha value is -0.890. The number of hydrogen-bond donors (Lipinski definition) is 4. The highest BCUT2D eigenvalue weighted by atomic mass is 16.6. The zero-order valence-corrected chi connectivity index (χ0v) is 8.74. The van der Waals surface area contributed by atoms with Crippen LogP contribution in [-0.2, 0) is 4.74 Å². The van der Waals surface area contributed by atoms with E-state index in [-0.39, 0.29) is 12.6 Å². The van der Waals surface area contributed by atoms with Gasteiger partial charge in [0.1, 0.15) is 18.3 Å². The van der Waals surface area contributed by atoms with Crippen LogP contribution in [0.2, 0.25) is 0 Å². The third-order valence-corrected chi connectivity index (χ3v) is 2.94. The molecule has 0 saturated carbocycles. The van der Waals surface area contributed by atoms with E-state index in [0.717, 1.165) is 6.42 Å². The van der Waals surface area contributed by atoms with Crippen molar-refractivity contribution in [2.24, 2.45) is 0 Å². The van der Waals surface area contributed by atoms with Gasteiger partial charge in [-0.3, -0.25) is 4.90 Å². The predicted molar refractivity (Wildman–Crippen MR) is 52.5 cm³/mol. The zero-order valence-electron chi connectivity index (χ0n) is 8.74. The molecule has 2 aliphatic heterocycles. The van der Waals surface area contributed by atoms with Crippen molar-refractivity contribution in [1.29, 1.82) is 0 Å². The molecule has 2 fully saturated rings. The number of aliphatic hydroxyl groups is 3. The van der Waals surface area contributed by atoms with E-state index in [9.17, 15) is 15.0 Å². The Bertz CT molecular complexity index is 275. The number of aliphatic hydroxyl groups excluding tert-OH is 3. The van der Waals surface area contributed by atoms with Crippen LogP contribution in [0.25, 0.3) is 0 Å². The van der Waals surface area contributed by atoms with Crippen LogP contribution < -0.4 is 5.32 Å². The van der Waals surface area contributed by atoms with Crippen molar-refractivity contribution in [3.63, 3.8) is 0 Å². The van der Waals surface area contributed by atoms with Crippen molar-refractivity contribution in [3.8, 4) is 0 Å². The lowest BCUT2D eigenvalue weighted by atomic mass is 10.1. The molecule has 7 nitrogen and oxygen atoms in total. The van der Waals surface area contributed by atoms with Crippen molar-refractivity contribution in [3.05, 3.63) is 0 Å². The Balaban J connectivity index is 2.06. The maximum atomic E-state index is 11.5.